The number of carbonyl (C=O) groups is 1. The Labute approximate surface area is 131 Å². The third-order valence-corrected chi connectivity index (χ3v) is 3.98. The van der Waals surface area contributed by atoms with E-state index in [4.69, 9.17) is 5.73 Å². The van der Waals surface area contributed by atoms with Crippen molar-refractivity contribution in [3.05, 3.63) is 58.6 Å². The second kappa shape index (κ2) is 6.95. The molecule has 0 aliphatic heterocycles. The molecule has 1 amide bonds. The predicted molar refractivity (Wildman–Crippen MR) is 87.9 cm³/mol. The van der Waals surface area contributed by atoms with Crippen molar-refractivity contribution in [2.75, 3.05) is 11.1 Å². The number of nitrogens with zero attached hydrogens (tertiary/aromatic N) is 1. The highest BCUT2D eigenvalue weighted by Gasteiger charge is 2.15. The van der Waals surface area contributed by atoms with Crippen LogP contribution in [-0.4, -0.2) is 16.1 Å². The molecule has 2 rings (SSSR count). The van der Waals surface area contributed by atoms with Crippen LogP contribution in [0, 0.1) is 10.1 Å². The van der Waals surface area contributed by atoms with Gasteiger partial charge in [-0.2, -0.15) is 0 Å². The van der Waals surface area contributed by atoms with Crippen molar-refractivity contribution < 1.29 is 9.72 Å². The van der Waals surface area contributed by atoms with Crippen LogP contribution in [0.5, 0.6) is 0 Å². The van der Waals surface area contributed by atoms with Crippen LogP contribution in [0.3, 0.4) is 0 Å². The SMILES string of the molecule is CC(Sc1cccc(N)c1)C(=O)Nc1ccc([N+](=O)[O-])cc1. The number of hydrogen-bond acceptors (Lipinski definition) is 5. The van der Waals surface area contributed by atoms with Crippen LogP contribution in [0.4, 0.5) is 17.1 Å². The first-order valence-corrected chi connectivity index (χ1v) is 7.41. The average Bonchev–Trinajstić information content (AvgIpc) is 2.47. The topological polar surface area (TPSA) is 98.3 Å². The van der Waals surface area contributed by atoms with Crippen molar-refractivity contribution in [3.63, 3.8) is 0 Å². The summed E-state index contributed by atoms with van der Waals surface area (Å²) in [6.07, 6.45) is 0. The summed E-state index contributed by atoms with van der Waals surface area (Å²) < 4.78 is 0. The minimum atomic E-state index is -0.482. The molecule has 0 saturated carbocycles. The lowest BCUT2D eigenvalue weighted by atomic mass is 10.3. The smallest absolute Gasteiger partial charge is 0.269 e. The Morgan fingerprint density at radius 2 is 1.95 bits per heavy atom. The standard InChI is InChI=1S/C15H15N3O3S/c1-10(22-14-4-2-3-11(16)9-14)15(19)17-12-5-7-13(8-6-12)18(20)21/h2-10H,16H2,1H3,(H,17,19). The molecule has 6 nitrogen and oxygen atoms in total. The predicted octanol–water partition coefficient (Wildman–Crippen LogP) is 3.30. The molecule has 1 unspecified atom stereocenters. The molecule has 0 spiro atoms. The molecule has 0 radical (unpaired) electrons. The maximum atomic E-state index is 12.1. The summed E-state index contributed by atoms with van der Waals surface area (Å²) in [5.41, 5.74) is 6.86. The number of nitrogen functional groups attached to an aromatic ring is 1. The zero-order valence-corrected chi connectivity index (χ0v) is 12.7. The number of hydrogen-bond donors (Lipinski definition) is 2. The van der Waals surface area contributed by atoms with Gasteiger partial charge in [0.2, 0.25) is 5.91 Å². The second-order valence-corrected chi connectivity index (χ2v) is 6.04. The van der Waals surface area contributed by atoms with E-state index >= 15 is 0 Å². The molecule has 0 aromatic heterocycles. The number of nitrogens with one attached hydrogen (secondary N) is 1. The van der Waals surface area contributed by atoms with E-state index in [1.165, 1.54) is 36.0 Å². The number of nitro groups is 1. The largest absolute Gasteiger partial charge is 0.399 e. The van der Waals surface area contributed by atoms with Crippen LogP contribution in [0.25, 0.3) is 0 Å². The van der Waals surface area contributed by atoms with Gasteiger partial charge in [0.1, 0.15) is 0 Å². The zero-order chi connectivity index (χ0) is 16.1. The highest BCUT2D eigenvalue weighted by Crippen LogP contribution is 2.26. The number of amides is 1. The Morgan fingerprint density at radius 1 is 1.27 bits per heavy atom. The third kappa shape index (κ3) is 4.23. The van der Waals surface area contributed by atoms with Gasteiger partial charge in [-0.05, 0) is 37.3 Å². The third-order valence-electron chi connectivity index (χ3n) is 2.89. The van der Waals surface area contributed by atoms with E-state index in [1.807, 2.05) is 12.1 Å². The summed E-state index contributed by atoms with van der Waals surface area (Å²) >= 11 is 1.39. The average molecular weight is 317 g/mol. The number of anilines is 2. The summed E-state index contributed by atoms with van der Waals surface area (Å²) in [7, 11) is 0. The fourth-order valence-electron chi connectivity index (χ4n) is 1.76. The van der Waals surface area contributed by atoms with Crippen molar-refractivity contribution >= 4 is 34.7 Å². The molecule has 2 aromatic carbocycles. The van der Waals surface area contributed by atoms with Crippen molar-refractivity contribution in [2.24, 2.45) is 0 Å². The molecule has 0 saturated heterocycles. The number of non-ortho nitro benzene ring substituents is 1. The van der Waals surface area contributed by atoms with Crippen molar-refractivity contribution in [3.8, 4) is 0 Å². The van der Waals surface area contributed by atoms with Crippen LogP contribution >= 0.6 is 11.8 Å². The van der Waals surface area contributed by atoms with E-state index < -0.39 is 4.92 Å². The highest BCUT2D eigenvalue weighted by molar-refractivity contribution is 8.00. The van der Waals surface area contributed by atoms with Crippen molar-refractivity contribution in [1.29, 1.82) is 0 Å². The Hall–Kier alpha value is -2.54. The maximum Gasteiger partial charge on any atom is 0.269 e. The van der Waals surface area contributed by atoms with Gasteiger partial charge in [-0.3, -0.25) is 14.9 Å². The van der Waals surface area contributed by atoms with E-state index in [-0.39, 0.29) is 16.8 Å². The Bertz CT molecular complexity index is 689. The van der Waals surface area contributed by atoms with Crippen molar-refractivity contribution in [2.45, 2.75) is 17.1 Å². The van der Waals surface area contributed by atoms with Gasteiger partial charge < -0.3 is 11.1 Å². The van der Waals surface area contributed by atoms with Crippen LogP contribution in [0.15, 0.2) is 53.4 Å². The molecule has 0 aliphatic rings. The highest BCUT2D eigenvalue weighted by atomic mass is 32.2. The minimum absolute atomic E-state index is 0.0137. The van der Waals surface area contributed by atoms with Gasteiger partial charge in [-0.15, -0.1) is 11.8 Å². The normalized spacial score (nSPS) is 11.7. The van der Waals surface area contributed by atoms with Gasteiger partial charge >= 0.3 is 0 Å². The van der Waals surface area contributed by atoms with E-state index in [9.17, 15) is 14.9 Å². The first-order valence-electron chi connectivity index (χ1n) is 6.53. The first kappa shape index (κ1) is 15.8. The lowest BCUT2D eigenvalue weighted by molar-refractivity contribution is -0.384. The second-order valence-electron chi connectivity index (χ2n) is 4.63. The van der Waals surface area contributed by atoms with E-state index in [2.05, 4.69) is 5.32 Å². The molecule has 114 valence electrons. The maximum absolute atomic E-state index is 12.1. The number of thioether (sulfide) groups is 1. The summed E-state index contributed by atoms with van der Waals surface area (Å²) in [5.74, 6) is -0.179. The van der Waals surface area contributed by atoms with Crippen LogP contribution in [0.1, 0.15) is 6.92 Å². The van der Waals surface area contributed by atoms with E-state index in [0.29, 0.717) is 11.4 Å². The van der Waals surface area contributed by atoms with Gasteiger partial charge in [0.05, 0.1) is 10.2 Å². The van der Waals surface area contributed by atoms with Gasteiger partial charge in [0.15, 0.2) is 0 Å². The number of benzene rings is 2. The lowest BCUT2D eigenvalue weighted by Crippen LogP contribution is -2.22. The molecule has 22 heavy (non-hydrogen) atoms. The fourth-order valence-corrected chi connectivity index (χ4v) is 2.69. The number of nitrogens with two attached hydrogens (primary N) is 1. The monoisotopic (exact) mass is 317 g/mol. The Balaban J connectivity index is 1.97. The Morgan fingerprint density at radius 3 is 2.55 bits per heavy atom. The molecule has 1 atom stereocenters. The first-order chi connectivity index (χ1) is 10.5. The van der Waals surface area contributed by atoms with Crippen molar-refractivity contribution in [1.82, 2.24) is 0 Å². The van der Waals surface area contributed by atoms with Crippen LogP contribution in [-0.2, 0) is 4.79 Å². The summed E-state index contributed by atoms with van der Waals surface area (Å²) in [4.78, 5) is 23.1. The summed E-state index contributed by atoms with van der Waals surface area (Å²) in [6, 6.07) is 13.0. The molecular formula is C15H15N3O3S. The molecule has 2 aromatic rings. The number of rotatable bonds is 5. The quantitative estimate of drug-likeness (QED) is 0.381. The van der Waals surface area contributed by atoms with E-state index in [1.54, 1.807) is 19.1 Å². The zero-order valence-electron chi connectivity index (χ0n) is 11.9. The van der Waals surface area contributed by atoms with Gasteiger partial charge in [0.25, 0.3) is 5.69 Å². The van der Waals surface area contributed by atoms with E-state index in [0.717, 1.165) is 4.90 Å². The number of nitro benzene ring substituents is 1. The summed E-state index contributed by atoms with van der Waals surface area (Å²) in [6.45, 7) is 1.79. The molecule has 3 N–H and O–H groups in total. The number of carbonyl (C=O) groups excluding carboxylic acids is 1. The lowest BCUT2D eigenvalue weighted by Gasteiger charge is -2.12. The molecular weight excluding hydrogens is 302 g/mol. The molecule has 0 bridgehead atoms. The fraction of sp³-hybridized carbons (Fsp3) is 0.133. The molecule has 7 heteroatoms. The van der Waals surface area contributed by atoms with Crippen LogP contribution < -0.4 is 11.1 Å². The van der Waals surface area contributed by atoms with Gasteiger partial charge in [-0.25, -0.2) is 0 Å². The Kier molecular flexibility index (Phi) is 5.00. The minimum Gasteiger partial charge on any atom is -0.399 e. The molecule has 0 fully saturated rings. The van der Waals surface area contributed by atoms with Gasteiger partial charge in [0, 0.05) is 28.4 Å². The molecule has 0 aliphatic carbocycles. The molecule has 0 heterocycles. The summed E-state index contributed by atoms with van der Waals surface area (Å²) in [5, 5.41) is 13.0. The van der Waals surface area contributed by atoms with Gasteiger partial charge in [-0.1, -0.05) is 6.07 Å². The van der Waals surface area contributed by atoms with Crippen LogP contribution in [0.2, 0.25) is 0 Å².